The van der Waals surface area contributed by atoms with Crippen LogP contribution < -0.4 is 9.47 Å². The summed E-state index contributed by atoms with van der Waals surface area (Å²) in [6.07, 6.45) is 1.69. The predicted molar refractivity (Wildman–Crippen MR) is 128 cm³/mol. The first-order chi connectivity index (χ1) is 16.0. The Labute approximate surface area is 195 Å². The molecule has 0 saturated carbocycles. The Morgan fingerprint density at radius 2 is 1.82 bits per heavy atom. The van der Waals surface area contributed by atoms with Gasteiger partial charge in [0.15, 0.2) is 11.5 Å². The van der Waals surface area contributed by atoms with Gasteiger partial charge in [-0.25, -0.2) is 0 Å². The van der Waals surface area contributed by atoms with Crippen molar-refractivity contribution in [2.75, 3.05) is 19.8 Å². The molecule has 0 aliphatic rings. The molecule has 0 spiro atoms. The molecule has 2 aromatic carbocycles. The number of hydrogen-bond donors (Lipinski definition) is 1. The molecule has 0 radical (unpaired) electrons. The van der Waals surface area contributed by atoms with Gasteiger partial charge in [-0.05, 0) is 54.3 Å². The zero-order chi connectivity index (χ0) is 23.6. The molecule has 0 amide bonds. The second-order valence-corrected chi connectivity index (χ2v) is 8.37. The number of nitrogens with zero attached hydrogens (tertiary/aromatic N) is 1. The van der Waals surface area contributed by atoms with Crippen molar-refractivity contribution >= 4 is 6.29 Å². The van der Waals surface area contributed by atoms with E-state index in [9.17, 15) is 9.90 Å². The Kier molecular flexibility index (Phi) is 9.10. The van der Waals surface area contributed by atoms with Crippen LogP contribution in [0.4, 0.5) is 0 Å². The Bertz CT molecular complexity index is 982. The molecule has 1 unspecified atom stereocenters. The van der Waals surface area contributed by atoms with E-state index in [0.717, 1.165) is 12.0 Å². The molecule has 3 rings (SSSR count). The maximum atomic E-state index is 11.0. The van der Waals surface area contributed by atoms with Crippen molar-refractivity contribution in [3.8, 4) is 11.5 Å². The first-order valence-electron chi connectivity index (χ1n) is 11.3. The fourth-order valence-electron chi connectivity index (χ4n) is 3.60. The lowest BCUT2D eigenvalue weighted by Gasteiger charge is -2.25. The van der Waals surface area contributed by atoms with Crippen molar-refractivity contribution in [3.63, 3.8) is 0 Å². The summed E-state index contributed by atoms with van der Waals surface area (Å²) in [5, 5.41) is 10.7. The highest BCUT2D eigenvalue weighted by molar-refractivity contribution is 5.76. The van der Waals surface area contributed by atoms with Crippen LogP contribution in [-0.2, 0) is 13.1 Å². The van der Waals surface area contributed by atoms with Gasteiger partial charge in [0.1, 0.15) is 24.8 Å². The molecule has 1 heterocycles. The molecule has 0 aliphatic heterocycles. The van der Waals surface area contributed by atoms with Gasteiger partial charge in [-0.3, -0.25) is 9.69 Å². The maximum Gasteiger partial charge on any atom is 0.161 e. The van der Waals surface area contributed by atoms with Gasteiger partial charge >= 0.3 is 0 Å². The summed E-state index contributed by atoms with van der Waals surface area (Å²) in [7, 11) is 0. The van der Waals surface area contributed by atoms with E-state index in [1.165, 1.54) is 11.1 Å². The van der Waals surface area contributed by atoms with Gasteiger partial charge in [-0.1, -0.05) is 38.1 Å². The second kappa shape index (κ2) is 12.2. The minimum atomic E-state index is -0.727. The van der Waals surface area contributed by atoms with Crippen molar-refractivity contribution in [2.45, 2.75) is 45.9 Å². The molecule has 176 valence electrons. The van der Waals surface area contributed by atoms with E-state index in [1.807, 2.05) is 19.1 Å². The SMILES string of the molecule is CCOc1cc(C=O)ccc1OCC(O)CN(Cc1ccc(C(C)C)cc1)Cc1ccco1. The van der Waals surface area contributed by atoms with Crippen LogP contribution in [0.3, 0.4) is 0 Å². The summed E-state index contributed by atoms with van der Waals surface area (Å²) in [6.45, 7) is 8.43. The molecule has 6 nitrogen and oxygen atoms in total. The number of rotatable bonds is 13. The van der Waals surface area contributed by atoms with Crippen molar-refractivity contribution in [1.29, 1.82) is 0 Å². The number of furan rings is 1. The van der Waals surface area contributed by atoms with Crippen LogP contribution >= 0.6 is 0 Å². The largest absolute Gasteiger partial charge is 0.490 e. The first kappa shape index (κ1) is 24.6. The van der Waals surface area contributed by atoms with Gasteiger partial charge in [0, 0.05) is 18.7 Å². The number of carbonyl (C=O) groups excluding carboxylic acids is 1. The van der Waals surface area contributed by atoms with Crippen LogP contribution in [-0.4, -0.2) is 42.2 Å². The van der Waals surface area contributed by atoms with E-state index in [2.05, 4.69) is 43.0 Å². The molecule has 0 bridgehead atoms. The number of aliphatic hydroxyl groups is 1. The first-order valence-corrected chi connectivity index (χ1v) is 11.3. The molecule has 0 aliphatic carbocycles. The van der Waals surface area contributed by atoms with E-state index in [4.69, 9.17) is 13.9 Å². The fourth-order valence-corrected chi connectivity index (χ4v) is 3.60. The third kappa shape index (κ3) is 7.48. The average molecular weight is 452 g/mol. The standard InChI is InChI=1S/C27H33NO5/c1-4-31-27-14-22(18-29)9-12-26(27)33-19-24(30)16-28(17-25-6-5-13-32-25)15-21-7-10-23(11-8-21)20(2)3/h5-14,18,20,24,30H,4,15-17,19H2,1-3H3. The monoisotopic (exact) mass is 451 g/mol. The van der Waals surface area contributed by atoms with Crippen LogP contribution in [0.1, 0.15) is 53.9 Å². The normalized spacial score (nSPS) is 12.2. The van der Waals surface area contributed by atoms with E-state index >= 15 is 0 Å². The minimum Gasteiger partial charge on any atom is -0.490 e. The van der Waals surface area contributed by atoms with Crippen LogP contribution in [0.2, 0.25) is 0 Å². The van der Waals surface area contributed by atoms with E-state index in [0.29, 0.717) is 49.2 Å². The lowest BCUT2D eigenvalue weighted by atomic mass is 10.0. The summed E-state index contributed by atoms with van der Waals surface area (Å²) < 4.78 is 16.9. The molecular formula is C27H33NO5. The second-order valence-electron chi connectivity index (χ2n) is 8.37. The van der Waals surface area contributed by atoms with Gasteiger partial charge in [0.25, 0.3) is 0 Å². The number of carbonyl (C=O) groups is 1. The van der Waals surface area contributed by atoms with Gasteiger partial charge in [-0.15, -0.1) is 0 Å². The highest BCUT2D eigenvalue weighted by Crippen LogP contribution is 2.28. The molecule has 0 fully saturated rings. The Morgan fingerprint density at radius 3 is 2.45 bits per heavy atom. The summed E-state index contributed by atoms with van der Waals surface area (Å²) in [5.74, 6) is 2.32. The summed E-state index contributed by atoms with van der Waals surface area (Å²) in [5.41, 5.74) is 2.98. The van der Waals surface area contributed by atoms with Crippen molar-refractivity contribution in [1.82, 2.24) is 4.90 Å². The molecule has 1 N–H and O–H groups in total. The van der Waals surface area contributed by atoms with Crippen LogP contribution in [0.25, 0.3) is 0 Å². The lowest BCUT2D eigenvalue weighted by Crippen LogP contribution is -2.35. The molecule has 1 atom stereocenters. The lowest BCUT2D eigenvalue weighted by molar-refractivity contribution is 0.0593. The molecule has 1 aromatic heterocycles. The smallest absolute Gasteiger partial charge is 0.161 e. The molecule has 33 heavy (non-hydrogen) atoms. The summed E-state index contributed by atoms with van der Waals surface area (Å²) >= 11 is 0. The summed E-state index contributed by atoms with van der Waals surface area (Å²) in [6, 6.07) is 17.4. The topological polar surface area (TPSA) is 72.1 Å². The van der Waals surface area contributed by atoms with Gasteiger partial charge in [0.2, 0.25) is 0 Å². The highest BCUT2D eigenvalue weighted by atomic mass is 16.5. The third-order valence-corrected chi connectivity index (χ3v) is 5.32. The Morgan fingerprint density at radius 1 is 1.03 bits per heavy atom. The Balaban J connectivity index is 1.64. The highest BCUT2D eigenvalue weighted by Gasteiger charge is 2.16. The molecule has 6 heteroatoms. The minimum absolute atomic E-state index is 0.0987. The maximum absolute atomic E-state index is 11.0. The van der Waals surface area contributed by atoms with Crippen LogP contribution in [0, 0.1) is 0 Å². The van der Waals surface area contributed by atoms with E-state index < -0.39 is 6.10 Å². The number of hydrogen-bond acceptors (Lipinski definition) is 6. The number of ether oxygens (including phenoxy) is 2. The van der Waals surface area contributed by atoms with Crippen molar-refractivity contribution in [2.24, 2.45) is 0 Å². The average Bonchev–Trinajstić information content (AvgIpc) is 3.31. The van der Waals surface area contributed by atoms with Crippen LogP contribution in [0.5, 0.6) is 11.5 Å². The quantitative estimate of drug-likeness (QED) is 0.367. The zero-order valence-electron chi connectivity index (χ0n) is 19.6. The van der Waals surface area contributed by atoms with Crippen molar-refractivity contribution < 1.29 is 23.8 Å². The molecular weight excluding hydrogens is 418 g/mol. The number of aldehydes is 1. The Hall–Kier alpha value is -3.09. The van der Waals surface area contributed by atoms with Gasteiger partial charge < -0.3 is 19.0 Å². The van der Waals surface area contributed by atoms with Gasteiger partial charge in [0.05, 0.1) is 19.4 Å². The third-order valence-electron chi connectivity index (χ3n) is 5.32. The summed E-state index contributed by atoms with van der Waals surface area (Å²) in [4.78, 5) is 13.2. The predicted octanol–water partition coefficient (Wildman–Crippen LogP) is 5.06. The fraction of sp³-hybridized carbons (Fsp3) is 0.370. The van der Waals surface area contributed by atoms with Gasteiger partial charge in [-0.2, -0.15) is 0 Å². The van der Waals surface area contributed by atoms with E-state index in [1.54, 1.807) is 24.5 Å². The molecule has 0 saturated heterocycles. The molecule has 3 aromatic rings. The number of aliphatic hydroxyl groups excluding tert-OH is 1. The van der Waals surface area contributed by atoms with Crippen molar-refractivity contribution in [3.05, 3.63) is 83.3 Å². The van der Waals surface area contributed by atoms with E-state index in [-0.39, 0.29) is 6.61 Å². The zero-order valence-corrected chi connectivity index (χ0v) is 19.6. The number of benzene rings is 2. The van der Waals surface area contributed by atoms with Crippen LogP contribution in [0.15, 0.2) is 65.3 Å².